The van der Waals surface area contributed by atoms with Gasteiger partial charge in [-0.25, -0.2) is 9.78 Å². The molecule has 31 heavy (non-hydrogen) atoms. The van der Waals surface area contributed by atoms with Crippen molar-refractivity contribution in [3.63, 3.8) is 0 Å². The maximum absolute atomic E-state index is 12.0. The third-order valence-corrected chi connectivity index (χ3v) is 5.31. The van der Waals surface area contributed by atoms with E-state index in [-0.39, 0.29) is 19.8 Å². The molecule has 4 rings (SSSR count). The van der Waals surface area contributed by atoms with Crippen LogP contribution in [0.4, 0.5) is 5.69 Å². The molecular formula is C22H24N4O5. The van der Waals surface area contributed by atoms with Crippen molar-refractivity contribution in [2.75, 3.05) is 50.8 Å². The van der Waals surface area contributed by atoms with Gasteiger partial charge < -0.3 is 19.8 Å². The van der Waals surface area contributed by atoms with Crippen LogP contribution in [0.1, 0.15) is 10.4 Å². The van der Waals surface area contributed by atoms with E-state index >= 15 is 0 Å². The van der Waals surface area contributed by atoms with Crippen LogP contribution in [0.15, 0.2) is 48.8 Å². The number of aliphatic hydroxyl groups is 1. The molecule has 9 nitrogen and oxygen atoms in total. The summed E-state index contributed by atoms with van der Waals surface area (Å²) in [5, 5.41) is 17.8. The molecule has 0 aliphatic carbocycles. The lowest BCUT2D eigenvalue weighted by Gasteiger charge is -2.35. The highest BCUT2D eigenvalue weighted by atomic mass is 16.5. The molecule has 1 fully saturated rings. The molecule has 0 radical (unpaired) electrons. The third-order valence-electron chi connectivity index (χ3n) is 5.31. The van der Waals surface area contributed by atoms with E-state index in [1.807, 2.05) is 33.7 Å². The van der Waals surface area contributed by atoms with Crippen LogP contribution >= 0.6 is 0 Å². The number of esters is 1. The molecule has 0 saturated carbocycles. The molecule has 3 aromatic rings. The number of nitrogens with zero attached hydrogens (tertiary/aromatic N) is 4. The fraction of sp³-hybridized carbons (Fsp3) is 0.318. The minimum atomic E-state index is -0.799. The first kappa shape index (κ1) is 20.8. The number of aromatic nitrogens is 2. The highest BCUT2D eigenvalue weighted by Gasteiger charge is 2.19. The van der Waals surface area contributed by atoms with Crippen molar-refractivity contribution in [3.05, 3.63) is 54.4 Å². The van der Waals surface area contributed by atoms with E-state index in [4.69, 9.17) is 14.9 Å². The number of carboxylic acids is 1. The van der Waals surface area contributed by atoms with Gasteiger partial charge in [0.25, 0.3) is 0 Å². The van der Waals surface area contributed by atoms with E-state index in [2.05, 4.69) is 16.0 Å². The molecule has 1 saturated heterocycles. The summed E-state index contributed by atoms with van der Waals surface area (Å²) in [6.07, 6.45) is 1.72. The molecule has 2 N–H and O–H groups in total. The molecule has 9 heteroatoms. The standard InChI is InChI=1S/C22H24N4O5/c27-10-11-31-22(30)16-4-5-20-19(12-16)23-15-26(20)18-3-1-2-17(13-18)25-8-6-24(7-9-25)14-21(28)29/h1-5,12-13,15,27H,6-11,14H2,(H,28,29). The number of anilines is 1. The van der Waals surface area contributed by atoms with E-state index in [1.54, 1.807) is 18.5 Å². The molecule has 1 aliphatic rings. The molecule has 0 atom stereocenters. The predicted molar refractivity (Wildman–Crippen MR) is 115 cm³/mol. The van der Waals surface area contributed by atoms with E-state index < -0.39 is 11.9 Å². The van der Waals surface area contributed by atoms with Gasteiger partial charge in [-0.05, 0) is 36.4 Å². The molecule has 2 heterocycles. The number of aliphatic carboxylic acids is 1. The van der Waals surface area contributed by atoms with E-state index in [1.165, 1.54) is 0 Å². The largest absolute Gasteiger partial charge is 0.480 e. The zero-order valence-electron chi connectivity index (χ0n) is 17.0. The Hall–Kier alpha value is -3.43. The topological polar surface area (TPSA) is 108 Å². The molecule has 0 unspecified atom stereocenters. The summed E-state index contributed by atoms with van der Waals surface area (Å²) in [7, 11) is 0. The van der Waals surface area contributed by atoms with Gasteiger partial charge in [0, 0.05) is 37.6 Å². The number of rotatable bonds is 7. The number of fused-ring (bicyclic) bond motifs is 1. The monoisotopic (exact) mass is 424 g/mol. The maximum atomic E-state index is 12.0. The molecule has 0 amide bonds. The average Bonchev–Trinajstić information content (AvgIpc) is 3.21. The van der Waals surface area contributed by atoms with E-state index in [0.717, 1.165) is 30.0 Å². The van der Waals surface area contributed by atoms with E-state index in [9.17, 15) is 9.59 Å². The minimum absolute atomic E-state index is 0.0390. The molecule has 0 bridgehead atoms. The second kappa shape index (κ2) is 9.15. The van der Waals surface area contributed by atoms with Crippen LogP contribution in [0.3, 0.4) is 0 Å². The summed E-state index contributed by atoms with van der Waals surface area (Å²) in [4.78, 5) is 31.5. The Morgan fingerprint density at radius 2 is 1.81 bits per heavy atom. The minimum Gasteiger partial charge on any atom is -0.480 e. The Bertz CT molecular complexity index is 1090. The summed E-state index contributed by atoms with van der Waals surface area (Å²) in [5.74, 6) is -1.29. The fourth-order valence-electron chi connectivity index (χ4n) is 3.76. The number of hydrogen-bond donors (Lipinski definition) is 2. The number of carboxylic acid groups (broad SMARTS) is 1. The van der Waals surface area contributed by atoms with Crippen LogP contribution in [-0.2, 0) is 9.53 Å². The maximum Gasteiger partial charge on any atom is 0.338 e. The molecular weight excluding hydrogens is 400 g/mol. The van der Waals surface area contributed by atoms with Crippen LogP contribution < -0.4 is 4.90 Å². The Morgan fingerprint density at radius 1 is 1.03 bits per heavy atom. The summed E-state index contributed by atoms with van der Waals surface area (Å²) in [6.45, 7) is 2.77. The van der Waals surface area contributed by atoms with Gasteiger partial charge in [-0.2, -0.15) is 0 Å². The smallest absolute Gasteiger partial charge is 0.338 e. The van der Waals surface area contributed by atoms with Gasteiger partial charge in [-0.3, -0.25) is 14.3 Å². The van der Waals surface area contributed by atoms with Gasteiger partial charge in [0.05, 0.1) is 29.7 Å². The lowest BCUT2D eigenvalue weighted by Crippen LogP contribution is -2.48. The predicted octanol–water partition coefficient (Wildman–Crippen LogP) is 1.38. The van der Waals surface area contributed by atoms with Gasteiger partial charge in [-0.15, -0.1) is 0 Å². The van der Waals surface area contributed by atoms with Gasteiger partial charge in [0.15, 0.2) is 0 Å². The molecule has 162 valence electrons. The number of ether oxygens (including phenoxy) is 1. The van der Waals surface area contributed by atoms with Gasteiger partial charge in [0.2, 0.25) is 0 Å². The highest BCUT2D eigenvalue weighted by Crippen LogP contribution is 2.24. The number of piperazine rings is 1. The first-order valence-corrected chi connectivity index (χ1v) is 10.1. The van der Waals surface area contributed by atoms with Gasteiger partial charge in [0.1, 0.15) is 12.9 Å². The summed E-state index contributed by atoms with van der Waals surface area (Å²) in [5.41, 5.74) is 3.94. The van der Waals surface area contributed by atoms with Crippen molar-refractivity contribution in [3.8, 4) is 5.69 Å². The first-order chi connectivity index (χ1) is 15.0. The lowest BCUT2D eigenvalue weighted by atomic mass is 10.2. The van der Waals surface area contributed by atoms with Crippen molar-refractivity contribution in [1.29, 1.82) is 0 Å². The fourth-order valence-corrected chi connectivity index (χ4v) is 3.76. The average molecular weight is 424 g/mol. The number of carbonyl (C=O) groups excluding carboxylic acids is 1. The van der Waals surface area contributed by atoms with Crippen molar-refractivity contribution >= 4 is 28.7 Å². The molecule has 1 aliphatic heterocycles. The summed E-state index contributed by atoms with van der Waals surface area (Å²) in [6, 6.07) is 13.3. The van der Waals surface area contributed by atoms with E-state index in [0.29, 0.717) is 24.2 Å². The van der Waals surface area contributed by atoms with Crippen LogP contribution in [0.2, 0.25) is 0 Å². The number of carbonyl (C=O) groups is 2. The Kier molecular flexibility index (Phi) is 6.15. The second-order valence-electron chi connectivity index (χ2n) is 7.35. The molecule has 2 aromatic carbocycles. The normalized spacial score (nSPS) is 14.7. The van der Waals surface area contributed by atoms with Crippen LogP contribution in [0, 0.1) is 0 Å². The number of benzene rings is 2. The van der Waals surface area contributed by atoms with Crippen molar-refractivity contribution < 1.29 is 24.5 Å². The van der Waals surface area contributed by atoms with Crippen molar-refractivity contribution in [2.24, 2.45) is 0 Å². The third kappa shape index (κ3) is 4.68. The lowest BCUT2D eigenvalue weighted by molar-refractivity contribution is -0.138. The number of imidazole rings is 1. The van der Waals surface area contributed by atoms with Crippen molar-refractivity contribution in [1.82, 2.24) is 14.5 Å². The summed E-state index contributed by atoms with van der Waals surface area (Å²) < 4.78 is 6.92. The van der Waals surface area contributed by atoms with Crippen LogP contribution in [0.25, 0.3) is 16.7 Å². The highest BCUT2D eigenvalue weighted by molar-refractivity contribution is 5.94. The Labute approximate surface area is 179 Å². The quantitative estimate of drug-likeness (QED) is 0.548. The zero-order valence-corrected chi connectivity index (χ0v) is 17.0. The van der Waals surface area contributed by atoms with Gasteiger partial charge in [-0.1, -0.05) is 6.07 Å². The summed E-state index contributed by atoms with van der Waals surface area (Å²) >= 11 is 0. The van der Waals surface area contributed by atoms with Gasteiger partial charge >= 0.3 is 11.9 Å². The second-order valence-corrected chi connectivity index (χ2v) is 7.35. The van der Waals surface area contributed by atoms with Crippen LogP contribution in [0.5, 0.6) is 0 Å². The Morgan fingerprint density at radius 3 is 2.55 bits per heavy atom. The SMILES string of the molecule is O=C(O)CN1CCN(c2cccc(-n3cnc4cc(C(=O)OCCO)ccc43)c2)CC1. The first-order valence-electron chi connectivity index (χ1n) is 10.1. The van der Waals surface area contributed by atoms with Crippen LogP contribution in [-0.4, -0.2) is 82.5 Å². The molecule has 1 aromatic heterocycles. The number of hydrogen-bond acceptors (Lipinski definition) is 7. The Balaban J connectivity index is 1.53. The number of aliphatic hydroxyl groups excluding tert-OH is 1. The van der Waals surface area contributed by atoms with Crippen molar-refractivity contribution in [2.45, 2.75) is 0 Å². The zero-order chi connectivity index (χ0) is 21.8. The molecule has 0 spiro atoms.